The van der Waals surface area contributed by atoms with Gasteiger partial charge in [-0.1, -0.05) is 17.7 Å². The summed E-state index contributed by atoms with van der Waals surface area (Å²) in [5.41, 5.74) is 6.53. The van der Waals surface area contributed by atoms with Crippen molar-refractivity contribution in [2.45, 2.75) is 6.54 Å². The van der Waals surface area contributed by atoms with E-state index in [1.165, 1.54) is 3.57 Å². The van der Waals surface area contributed by atoms with Crippen LogP contribution in [0.25, 0.3) is 0 Å². The van der Waals surface area contributed by atoms with Crippen molar-refractivity contribution in [1.29, 1.82) is 0 Å². The van der Waals surface area contributed by atoms with Gasteiger partial charge in [-0.3, -0.25) is 0 Å². The first kappa shape index (κ1) is 12.7. The molecule has 0 spiro atoms. The van der Waals surface area contributed by atoms with Gasteiger partial charge in [0, 0.05) is 10.1 Å². The Labute approximate surface area is 119 Å². The Hall–Kier alpha value is -0.780. The Bertz CT molecular complexity index is 513. The van der Waals surface area contributed by atoms with Crippen molar-refractivity contribution in [2.75, 3.05) is 0 Å². The maximum atomic E-state index is 6.11. The molecule has 2 nitrogen and oxygen atoms in total. The minimum atomic E-state index is 0.476. The number of halogens is 2. The minimum Gasteiger partial charge on any atom is -0.456 e. The zero-order valence-corrected chi connectivity index (χ0v) is 11.9. The fraction of sp³-hybridized carbons (Fsp3) is 0.0769. The molecule has 0 aliphatic carbocycles. The zero-order chi connectivity index (χ0) is 12.3. The number of hydrogen-bond donors (Lipinski definition) is 1. The second kappa shape index (κ2) is 5.71. The molecular formula is C13H11ClINO. The quantitative estimate of drug-likeness (QED) is 0.834. The number of rotatable bonds is 3. The van der Waals surface area contributed by atoms with E-state index in [2.05, 4.69) is 22.6 Å². The third kappa shape index (κ3) is 3.34. The molecule has 2 N–H and O–H groups in total. The van der Waals surface area contributed by atoms with Crippen molar-refractivity contribution in [2.24, 2.45) is 5.73 Å². The maximum absolute atomic E-state index is 6.11. The molecule has 0 fully saturated rings. The summed E-state index contributed by atoms with van der Waals surface area (Å²) in [6, 6.07) is 13.4. The van der Waals surface area contributed by atoms with Gasteiger partial charge < -0.3 is 10.5 Å². The fourth-order valence-electron chi connectivity index (χ4n) is 1.38. The predicted octanol–water partition coefficient (Wildman–Crippen LogP) is 4.20. The Morgan fingerprint density at radius 2 is 1.82 bits per heavy atom. The molecule has 4 heteroatoms. The minimum absolute atomic E-state index is 0.476. The molecule has 0 bridgehead atoms. The van der Waals surface area contributed by atoms with E-state index in [1.54, 1.807) is 0 Å². The first-order valence-electron chi connectivity index (χ1n) is 5.11. The Morgan fingerprint density at radius 3 is 2.41 bits per heavy atom. The van der Waals surface area contributed by atoms with Crippen LogP contribution in [0.5, 0.6) is 11.5 Å². The summed E-state index contributed by atoms with van der Waals surface area (Å²) in [5.74, 6) is 1.41. The standard InChI is InChI=1S/C13H11ClINO/c14-12-7-9(8-16)1-6-13(12)17-11-4-2-10(15)3-5-11/h1-7H,8,16H2. The van der Waals surface area contributed by atoms with E-state index in [0.717, 1.165) is 11.3 Å². The predicted molar refractivity (Wildman–Crippen MR) is 78.6 cm³/mol. The highest BCUT2D eigenvalue weighted by Gasteiger charge is 2.04. The summed E-state index contributed by atoms with van der Waals surface area (Å²) in [4.78, 5) is 0. The molecule has 0 unspecified atom stereocenters. The van der Waals surface area contributed by atoms with Gasteiger partial charge in [-0.05, 0) is 64.6 Å². The average Bonchev–Trinajstić information content (AvgIpc) is 2.34. The van der Waals surface area contributed by atoms with Crippen molar-refractivity contribution < 1.29 is 4.74 Å². The fourth-order valence-corrected chi connectivity index (χ4v) is 1.98. The van der Waals surface area contributed by atoms with Gasteiger partial charge in [0.15, 0.2) is 0 Å². The second-order valence-corrected chi connectivity index (χ2v) is 5.18. The molecule has 88 valence electrons. The van der Waals surface area contributed by atoms with Crippen molar-refractivity contribution in [3.63, 3.8) is 0 Å². The smallest absolute Gasteiger partial charge is 0.146 e. The normalized spacial score (nSPS) is 10.3. The van der Waals surface area contributed by atoms with E-state index in [0.29, 0.717) is 17.3 Å². The third-order valence-electron chi connectivity index (χ3n) is 2.27. The summed E-state index contributed by atoms with van der Waals surface area (Å²) in [6.07, 6.45) is 0. The number of ether oxygens (including phenoxy) is 1. The van der Waals surface area contributed by atoms with Gasteiger partial charge >= 0.3 is 0 Å². The molecule has 17 heavy (non-hydrogen) atoms. The molecule has 2 rings (SSSR count). The lowest BCUT2D eigenvalue weighted by Crippen LogP contribution is -1.96. The summed E-state index contributed by atoms with van der Waals surface area (Å²) < 4.78 is 6.85. The first-order chi connectivity index (χ1) is 8.19. The van der Waals surface area contributed by atoms with Crippen LogP contribution in [0.2, 0.25) is 5.02 Å². The van der Waals surface area contributed by atoms with Crippen molar-refractivity contribution in [1.82, 2.24) is 0 Å². The molecule has 0 radical (unpaired) electrons. The molecule has 0 heterocycles. The molecule has 2 aromatic carbocycles. The van der Waals surface area contributed by atoms with Crippen LogP contribution in [0.4, 0.5) is 0 Å². The van der Waals surface area contributed by atoms with Gasteiger partial charge in [-0.25, -0.2) is 0 Å². The van der Waals surface area contributed by atoms with Crippen LogP contribution in [0.3, 0.4) is 0 Å². The van der Waals surface area contributed by atoms with Crippen LogP contribution in [-0.4, -0.2) is 0 Å². The molecule has 0 aromatic heterocycles. The zero-order valence-electron chi connectivity index (χ0n) is 8.99. The van der Waals surface area contributed by atoms with E-state index >= 15 is 0 Å². The van der Waals surface area contributed by atoms with E-state index in [4.69, 9.17) is 22.1 Å². The SMILES string of the molecule is NCc1ccc(Oc2ccc(I)cc2)c(Cl)c1. The molecular weight excluding hydrogens is 349 g/mol. The third-order valence-corrected chi connectivity index (χ3v) is 3.29. The van der Waals surface area contributed by atoms with Gasteiger partial charge in [0.2, 0.25) is 0 Å². The van der Waals surface area contributed by atoms with Crippen LogP contribution in [0, 0.1) is 3.57 Å². The Kier molecular flexibility index (Phi) is 4.25. The second-order valence-electron chi connectivity index (χ2n) is 3.52. The summed E-state index contributed by atoms with van der Waals surface area (Å²) in [6.45, 7) is 0.476. The van der Waals surface area contributed by atoms with Crippen molar-refractivity contribution >= 4 is 34.2 Å². The molecule has 0 saturated heterocycles. The van der Waals surface area contributed by atoms with Gasteiger partial charge in [-0.15, -0.1) is 0 Å². The topological polar surface area (TPSA) is 35.2 Å². The lowest BCUT2D eigenvalue weighted by Gasteiger charge is -2.08. The molecule has 0 aliphatic heterocycles. The van der Waals surface area contributed by atoms with Crippen LogP contribution < -0.4 is 10.5 Å². The van der Waals surface area contributed by atoms with Crippen LogP contribution in [0.1, 0.15) is 5.56 Å². The highest BCUT2D eigenvalue weighted by Crippen LogP contribution is 2.30. The summed E-state index contributed by atoms with van der Waals surface area (Å²) in [7, 11) is 0. The lowest BCUT2D eigenvalue weighted by molar-refractivity contribution is 0.482. The van der Waals surface area contributed by atoms with E-state index < -0.39 is 0 Å². The van der Waals surface area contributed by atoms with Crippen molar-refractivity contribution in [3.8, 4) is 11.5 Å². The summed E-state index contributed by atoms with van der Waals surface area (Å²) in [5, 5.41) is 0.575. The highest BCUT2D eigenvalue weighted by molar-refractivity contribution is 14.1. The van der Waals surface area contributed by atoms with E-state index in [1.807, 2.05) is 42.5 Å². The van der Waals surface area contributed by atoms with E-state index in [9.17, 15) is 0 Å². The van der Waals surface area contributed by atoms with Crippen LogP contribution >= 0.6 is 34.2 Å². The monoisotopic (exact) mass is 359 g/mol. The molecule has 0 atom stereocenters. The molecule has 0 aliphatic rings. The number of nitrogens with two attached hydrogens (primary N) is 1. The average molecular weight is 360 g/mol. The van der Waals surface area contributed by atoms with Crippen molar-refractivity contribution in [3.05, 3.63) is 56.6 Å². The molecule has 0 amide bonds. The van der Waals surface area contributed by atoms with Gasteiger partial charge in [0.05, 0.1) is 5.02 Å². The Morgan fingerprint density at radius 1 is 1.12 bits per heavy atom. The largest absolute Gasteiger partial charge is 0.456 e. The lowest BCUT2D eigenvalue weighted by atomic mass is 10.2. The Balaban J connectivity index is 2.21. The van der Waals surface area contributed by atoms with Gasteiger partial charge in [-0.2, -0.15) is 0 Å². The molecule has 0 saturated carbocycles. The van der Waals surface area contributed by atoms with Gasteiger partial charge in [0.25, 0.3) is 0 Å². The number of benzene rings is 2. The molecule has 2 aromatic rings. The van der Waals surface area contributed by atoms with Gasteiger partial charge in [0.1, 0.15) is 11.5 Å². The highest BCUT2D eigenvalue weighted by atomic mass is 127. The van der Waals surface area contributed by atoms with E-state index in [-0.39, 0.29) is 0 Å². The van der Waals surface area contributed by atoms with Crippen LogP contribution in [-0.2, 0) is 6.54 Å². The summed E-state index contributed by atoms with van der Waals surface area (Å²) >= 11 is 8.36. The first-order valence-corrected chi connectivity index (χ1v) is 6.56. The maximum Gasteiger partial charge on any atom is 0.146 e. The number of hydrogen-bond acceptors (Lipinski definition) is 2. The van der Waals surface area contributed by atoms with Crippen LogP contribution in [0.15, 0.2) is 42.5 Å².